The Kier molecular flexibility index (Phi) is 6.02. The third kappa shape index (κ3) is 4.58. The van der Waals surface area contributed by atoms with E-state index in [0.717, 1.165) is 39.0 Å². The van der Waals surface area contributed by atoms with E-state index in [2.05, 4.69) is 49.1 Å². The lowest BCUT2D eigenvalue weighted by Gasteiger charge is -2.39. The van der Waals surface area contributed by atoms with Crippen molar-refractivity contribution in [2.24, 2.45) is 5.73 Å². The van der Waals surface area contributed by atoms with Crippen molar-refractivity contribution in [3.63, 3.8) is 0 Å². The van der Waals surface area contributed by atoms with Gasteiger partial charge in [0.2, 0.25) is 0 Å². The maximum Gasteiger partial charge on any atom is 0.0674 e. The summed E-state index contributed by atoms with van der Waals surface area (Å²) in [6, 6.07) is 11.4. The highest BCUT2D eigenvalue weighted by molar-refractivity contribution is 5.14. The van der Waals surface area contributed by atoms with Gasteiger partial charge in [-0.05, 0) is 31.7 Å². The van der Waals surface area contributed by atoms with Crippen LogP contribution in [0.15, 0.2) is 30.3 Å². The van der Waals surface area contributed by atoms with Crippen LogP contribution in [0.1, 0.15) is 32.3 Å². The summed E-state index contributed by atoms with van der Waals surface area (Å²) in [7, 11) is 0. The molecule has 3 heteroatoms. The molecule has 0 radical (unpaired) electrons. The second-order valence-corrected chi connectivity index (χ2v) is 5.94. The first-order valence-corrected chi connectivity index (χ1v) is 7.84. The zero-order chi connectivity index (χ0) is 14.4. The monoisotopic (exact) mass is 276 g/mol. The van der Waals surface area contributed by atoms with E-state index in [9.17, 15) is 0 Å². The molecule has 1 heterocycles. The molecule has 1 fully saturated rings. The van der Waals surface area contributed by atoms with Crippen molar-refractivity contribution in [3.8, 4) is 0 Å². The summed E-state index contributed by atoms with van der Waals surface area (Å²) in [5.41, 5.74) is 7.71. The summed E-state index contributed by atoms with van der Waals surface area (Å²) < 4.78 is 5.74. The van der Waals surface area contributed by atoms with Gasteiger partial charge in [0.05, 0.1) is 12.7 Å². The molecule has 20 heavy (non-hydrogen) atoms. The van der Waals surface area contributed by atoms with Gasteiger partial charge in [-0.3, -0.25) is 4.90 Å². The van der Waals surface area contributed by atoms with Crippen LogP contribution in [-0.4, -0.2) is 42.8 Å². The lowest BCUT2D eigenvalue weighted by molar-refractivity contribution is -0.0575. The smallest absolute Gasteiger partial charge is 0.0674 e. The second kappa shape index (κ2) is 7.77. The Morgan fingerprint density at radius 2 is 2.10 bits per heavy atom. The quantitative estimate of drug-likeness (QED) is 0.867. The minimum Gasteiger partial charge on any atom is -0.376 e. The Balaban J connectivity index is 1.79. The summed E-state index contributed by atoms with van der Waals surface area (Å²) in [5.74, 6) is 0. The number of morpholine rings is 1. The molecule has 1 aliphatic heterocycles. The first-order valence-electron chi connectivity index (χ1n) is 7.84. The highest BCUT2D eigenvalue weighted by Crippen LogP contribution is 2.15. The second-order valence-electron chi connectivity index (χ2n) is 5.94. The van der Waals surface area contributed by atoms with Crippen LogP contribution in [0.2, 0.25) is 0 Å². The number of hydrogen-bond acceptors (Lipinski definition) is 3. The van der Waals surface area contributed by atoms with Crippen molar-refractivity contribution >= 4 is 0 Å². The van der Waals surface area contributed by atoms with Gasteiger partial charge in [-0.2, -0.15) is 0 Å². The molecule has 1 aliphatic rings. The summed E-state index contributed by atoms with van der Waals surface area (Å²) in [6.45, 7) is 7.22. The number of rotatable bonds is 6. The van der Waals surface area contributed by atoms with Crippen molar-refractivity contribution in [2.45, 2.75) is 51.3 Å². The molecule has 1 aromatic carbocycles. The normalized spacial score (nSPS) is 25.6. The molecule has 0 saturated carbocycles. The minimum atomic E-state index is 0.245. The SMILES string of the molecule is CCC1COC(C)CN1CC(N)CCc1ccccc1. The third-order valence-corrected chi connectivity index (χ3v) is 4.17. The van der Waals surface area contributed by atoms with Gasteiger partial charge in [0.25, 0.3) is 0 Å². The van der Waals surface area contributed by atoms with Crippen LogP contribution in [-0.2, 0) is 11.2 Å². The lowest BCUT2D eigenvalue weighted by atomic mass is 10.0. The topological polar surface area (TPSA) is 38.5 Å². The zero-order valence-electron chi connectivity index (χ0n) is 12.8. The molecule has 112 valence electrons. The van der Waals surface area contributed by atoms with E-state index < -0.39 is 0 Å². The molecule has 0 bridgehead atoms. The van der Waals surface area contributed by atoms with Crippen molar-refractivity contribution in [3.05, 3.63) is 35.9 Å². The highest BCUT2D eigenvalue weighted by Gasteiger charge is 2.26. The van der Waals surface area contributed by atoms with Crippen molar-refractivity contribution in [1.82, 2.24) is 4.90 Å². The van der Waals surface area contributed by atoms with Gasteiger partial charge in [-0.25, -0.2) is 0 Å². The summed E-state index contributed by atoms with van der Waals surface area (Å²) in [4.78, 5) is 2.52. The molecule has 2 rings (SSSR count). The molecule has 1 aromatic rings. The predicted molar refractivity (Wildman–Crippen MR) is 83.8 cm³/mol. The fourth-order valence-electron chi connectivity index (χ4n) is 2.90. The first kappa shape index (κ1) is 15.5. The molecule has 3 unspecified atom stereocenters. The maximum atomic E-state index is 6.33. The molecule has 0 aromatic heterocycles. The Hall–Kier alpha value is -0.900. The summed E-state index contributed by atoms with van der Waals surface area (Å²) in [6.07, 6.45) is 3.59. The highest BCUT2D eigenvalue weighted by atomic mass is 16.5. The van der Waals surface area contributed by atoms with Crippen molar-refractivity contribution in [1.29, 1.82) is 0 Å². The van der Waals surface area contributed by atoms with Crippen LogP contribution in [0.3, 0.4) is 0 Å². The largest absolute Gasteiger partial charge is 0.376 e. The molecule has 0 amide bonds. The minimum absolute atomic E-state index is 0.245. The average Bonchev–Trinajstić information content (AvgIpc) is 2.46. The Morgan fingerprint density at radius 3 is 2.80 bits per heavy atom. The van der Waals surface area contributed by atoms with E-state index in [4.69, 9.17) is 10.5 Å². The van der Waals surface area contributed by atoms with Gasteiger partial charge in [0.15, 0.2) is 0 Å². The molecule has 0 aliphatic carbocycles. The van der Waals surface area contributed by atoms with Crippen LogP contribution in [0, 0.1) is 0 Å². The van der Waals surface area contributed by atoms with Crippen LogP contribution in [0.4, 0.5) is 0 Å². The number of hydrogen-bond donors (Lipinski definition) is 1. The van der Waals surface area contributed by atoms with Gasteiger partial charge in [-0.15, -0.1) is 0 Å². The predicted octanol–water partition coefficient (Wildman–Crippen LogP) is 2.45. The standard InChI is InChI=1S/C17H28N2O/c1-3-17-13-20-14(2)11-19(17)12-16(18)10-9-15-7-5-4-6-8-15/h4-8,14,16-17H,3,9-13,18H2,1-2H3. The molecule has 0 spiro atoms. The lowest BCUT2D eigenvalue weighted by Crippen LogP contribution is -2.52. The van der Waals surface area contributed by atoms with Crippen LogP contribution >= 0.6 is 0 Å². The zero-order valence-corrected chi connectivity index (χ0v) is 12.8. The molecule has 1 saturated heterocycles. The maximum absolute atomic E-state index is 6.33. The van der Waals surface area contributed by atoms with Gasteiger partial charge in [0, 0.05) is 25.2 Å². The Bertz CT molecular complexity index is 382. The average molecular weight is 276 g/mol. The van der Waals surface area contributed by atoms with E-state index in [1.807, 2.05) is 0 Å². The fourth-order valence-corrected chi connectivity index (χ4v) is 2.90. The van der Waals surface area contributed by atoms with Crippen molar-refractivity contribution < 1.29 is 4.74 Å². The third-order valence-electron chi connectivity index (χ3n) is 4.17. The Morgan fingerprint density at radius 1 is 1.35 bits per heavy atom. The number of aryl methyl sites for hydroxylation is 1. The summed E-state index contributed by atoms with van der Waals surface area (Å²) >= 11 is 0. The number of benzene rings is 1. The van der Waals surface area contributed by atoms with Gasteiger partial charge >= 0.3 is 0 Å². The molecular formula is C17H28N2O. The van der Waals surface area contributed by atoms with Crippen LogP contribution < -0.4 is 5.73 Å². The van der Waals surface area contributed by atoms with E-state index in [1.165, 1.54) is 5.56 Å². The number of nitrogens with zero attached hydrogens (tertiary/aromatic N) is 1. The molecule has 3 atom stereocenters. The van der Waals surface area contributed by atoms with Gasteiger partial charge in [0.1, 0.15) is 0 Å². The van der Waals surface area contributed by atoms with E-state index in [1.54, 1.807) is 0 Å². The molecule has 2 N–H and O–H groups in total. The summed E-state index contributed by atoms with van der Waals surface area (Å²) in [5, 5.41) is 0. The fraction of sp³-hybridized carbons (Fsp3) is 0.647. The van der Waals surface area contributed by atoms with Gasteiger partial charge < -0.3 is 10.5 Å². The molecule has 3 nitrogen and oxygen atoms in total. The van der Waals surface area contributed by atoms with Crippen LogP contribution in [0.25, 0.3) is 0 Å². The van der Waals surface area contributed by atoms with Crippen molar-refractivity contribution in [2.75, 3.05) is 19.7 Å². The number of nitrogens with two attached hydrogens (primary N) is 1. The van der Waals surface area contributed by atoms with E-state index in [0.29, 0.717) is 12.1 Å². The van der Waals surface area contributed by atoms with Gasteiger partial charge in [-0.1, -0.05) is 37.3 Å². The molecular weight excluding hydrogens is 248 g/mol. The van der Waals surface area contributed by atoms with E-state index >= 15 is 0 Å². The Labute approximate surface area is 123 Å². The first-order chi connectivity index (χ1) is 9.69. The van der Waals surface area contributed by atoms with Crippen LogP contribution in [0.5, 0.6) is 0 Å². The van der Waals surface area contributed by atoms with E-state index in [-0.39, 0.29) is 6.04 Å². The number of ether oxygens (including phenoxy) is 1.